The molecule has 1 N–H and O–H groups in total. The minimum Gasteiger partial charge on any atom is -0.508 e. The number of methoxy groups -OCH3 is 1. The number of phenolic OH excluding ortho intramolecular Hbond substituents is 1. The van der Waals surface area contributed by atoms with Gasteiger partial charge < -0.3 is 9.84 Å². The van der Waals surface area contributed by atoms with Gasteiger partial charge in [0.05, 0.1) is 6.10 Å². The maximum absolute atomic E-state index is 10.1. The first-order valence-electron chi connectivity index (χ1n) is 7.09. The SMILES string of the molecule is COC1CN(C(C)c2ccc(C)cc2O)CCC1C. The Balaban J connectivity index is 2.13. The number of hydrogen-bond donors (Lipinski definition) is 1. The summed E-state index contributed by atoms with van der Waals surface area (Å²) < 4.78 is 5.56. The molecule has 106 valence electrons. The average Bonchev–Trinajstić information content (AvgIpc) is 2.38. The van der Waals surface area contributed by atoms with Crippen LogP contribution in [0.1, 0.15) is 37.4 Å². The maximum Gasteiger partial charge on any atom is 0.120 e. The van der Waals surface area contributed by atoms with Gasteiger partial charge in [-0.05, 0) is 44.4 Å². The topological polar surface area (TPSA) is 32.7 Å². The normalized spacial score (nSPS) is 26.3. The van der Waals surface area contributed by atoms with E-state index in [9.17, 15) is 5.11 Å². The molecule has 1 aliphatic heterocycles. The molecule has 0 bridgehead atoms. The van der Waals surface area contributed by atoms with Crippen molar-refractivity contribution in [3.63, 3.8) is 0 Å². The molecule has 19 heavy (non-hydrogen) atoms. The largest absolute Gasteiger partial charge is 0.508 e. The van der Waals surface area contributed by atoms with E-state index in [0.29, 0.717) is 17.8 Å². The van der Waals surface area contributed by atoms with E-state index in [-0.39, 0.29) is 6.04 Å². The molecule has 1 fully saturated rings. The highest BCUT2D eigenvalue weighted by Gasteiger charge is 2.29. The lowest BCUT2D eigenvalue weighted by Gasteiger charge is -2.39. The van der Waals surface area contributed by atoms with Crippen LogP contribution >= 0.6 is 0 Å². The fourth-order valence-corrected chi connectivity index (χ4v) is 2.92. The zero-order chi connectivity index (χ0) is 14.0. The van der Waals surface area contributed by atoms with Gasteiger partial charge >= 0.3 is 0 Å². The van der Waals surface area contributed by atoms with E-state index in [1.54, 1.807) is 7.11 Å². The molecule has 1 aromatic rings. The summed E-state index contributed by atoms with van der Waals surface area (Å²) >= 11 is 0. The predicted molar refractivity (Wildman–Crippen MR) is 77.4 cm³/mol. The van der Waals surface area contributed by atoms with Crippen molar-refractivity contribution in [2.45, 2.75) is 39.3 Å². The summed E-state index contributed by atoms with van der Waals surface area (Å²) in [6.07, 6.45) is 1.44. The average molecular weight is 263 g/mol. The van der Waals surface area contributed by atoms with Crippen LogP contribution in [0, 0.1) is 12.8 Å². The second-order valence-corrected chi connectivity index (χ2v) is 5.77. The lowest BCUT2D eigenvalue weighted by atomic mass is 9.93. The van der Waals surface area contributed by atoms with Crippen LogP contribution in [0.15, 0.2) is 18.2 Å². The fraction of sp³-hybridized carbons (Fsp3) is 0.625. The monoisotopic (exact) mass is 263 g/mol. The molecule has 0 aliphatic carbocycles. The van der Waals surface area contributed by atoms with Crippen molar-refractivity contribution in [2.24, 2.45) is 5.92 Å². The number of piperidine rings is 1. The number of rotatable bonds is 3. The minimum absolute atomic E-state index is 0.228. The molecule has 2 rings (SSSR count). The standard InChI is InChI=1S/C16H25NO2/c1-11-5-6-14(15(18)9-11)13(3)17-8-7-12(2)16(10-17)19-4/h5-6,9,12-13,16,18H,7-8,10H2,1-4H3. The van der Waals surface area contributed by atoms with Gasteiger partial charge in [-0.2, -0.15) is 0 Å². The van der Waals surface area contributed by atoms with E-state index in [1.807, 2.05) is 19.1 Å². The third-order valence-electron chi connectivity index (χ3n) is 4.41. The number of likely N-dealkylation sites (tertiary alicyclic amines) is 1. The zero-order valence-corrected chi connectivity index (χ0v) is 12.4. The number of hydrogen-bond acceptors (Lipinski definition) is 3. The number of benzene rings is 1. The molecule has 1 saturated heterocycles. The molecule has 1 aromatic carbocycles. The Morgan fingerprint density at radius 2 is 2.16 bits per heavy atom. The third kappa shape index (κ3) is 3.10. The molecule has 0 spiro atoms. The Morgan fingerprint density at radius 3 is 2.79 bits per heavy atom. The van der Waals surface area contributed by atoms with Crippen LogP contribution in [-0.2, 0) is 4.74 Å². The zero-order valence-electron chi connectivity index (χ0n) is 12.4. The number of ether oxygens (including phenoxy) is 1. The number of aromatic hydroxyl groups is 1. The lowest BCUT2D eigenvalue weighted by Crippen LogP contribution is -2.44. The lowest BCUT2D eigenvalue weighted by molar-refractivity contribution is -0.0173. The third-order valence-corrected chi connectivity index (χ3v) is 4.41. The van der Waals surface area contributed by atoms with Crippen molar-refractivity contribution in [2.75, 3.05) is 20.2 Å². The molecule has 0 saturated carbocycles. The highest BCUT2D eigenvalue weighted by Crippen LogP contribution is 2.32. The van der Waals surface area contributed by atoms with E-state index in [2.05, 4.69) is 24.8 Å². The van der Waals surface area contributed by atoms with Crippen LogP contribution in [0.4, 0.5) is 0 Å². The first-order chi connectivity index (χ1) is 9.02. The molecular formula is C16H25NO2. The van der Waals surface area contributed by atoms with E-state index in [1.165, 1.54) is 0 Å². The molecule has 3 heteroatoms. The number of aryl methyl sites for hydroxylation is 1. The van der Waals surface area contributed by atoms with Crippen molar-refractivity contribution in [3.8, 4) is 5.75 Å². The Bertz CT molecular complexity index is 433. The summed E-state index contributed by atoms with van der Waals surface area (Å²) in [5, 5.41) is 10.1. The molecular weight excluding hydrogens is 238 g/mol. The summed E-state index contributed by atoms with van der Waals surface area (Å²) in [6, 6.07) is 6.17. The van der Waals surface area contributed by atoms with Gasteiger partial charge in [-0.3, -0.25) is 4.90 Å². The van der Waals surface area contributed by atoms with Crippen molar-refractivity contribution < 1.29 is 9.84 Å². The van der Waals surface area contributed by atoms with E-state index in [0.717, 1.165) is 30.6 Å². The molecule has 3 atom stereocenters. The van der Waals surface area contributed by atoms with Crippen molar-refractivity contribution in [1.82, 2.24) is 4.90 Å². The van der Waals surface area contributed by atoms with Gasteiger partial charge in [0, 0.05) is 25.3 Å². The molecule has 1 aliphatic rings. The van der Waals surface area contributed by atoms with Crippen LogP contribution in [-0.4, -0.2) is 36.3 Å². The first kappa shape index (κ1) is 14.4. The van der Waals surface area contributed by atoms with E-state index in [4.69, 9.17) is 4.74 Å². The van der Waals surface area contributed by atoms with Gasteiger partial charge in [0.2, 0.25) is 0 Å². The first-order valence-corrected chi connectivity index (χ1v) is 7.09. The number of nitrogens with zero attached hydrogens (tertiary/aromatic N) is 1. The summed E-state index contributed by atoms with van der Waals surface area (Å²) in [4.78, 5) is 2.40. The van der Waals surface area contributed by atoms with Gasteiger partial charge in [-0.15, -0.1) is 0 Å². The molecule has 1 heterocycles. The second-order valence-electron chi connectivity index (χ2n) is 5.77. The van der Waals surface area contributed by atoms with Crippen molar-refractivity contribution in [1.29, 1.82) is 0 Å². The summed E-state index contributed by atoms with van der Waals surface area (Å²) in [5.41, 5.74) is 2.10. The summed E-state index contributed by atoms with van der Waals surface area (Å²) in [6.45, 7) is 8.41. The predicted octanol–water partition coefficient (Wildman–Crippen LogP) is 3.12. The van der Waals surface area contributed by atoms with Crippen LogP contribution in [0.3, 0.4) is 0 Å². The van der Waals surface area contributed by atoms with Gasteiger partial charge in [0.25, 0.3) is 0 Å². The van der Waals surface area contributed by atoms with Crippen LogP contribution in [0.25, 0.3) is 0 Å². The van der Waals surface area contributed by atoms with E-state index >= 15 is 0 Å². The van der Waals surface area contributed by atoms with Gasteiger partial charge in [0.15, 0.2) is 0 Å². The molecule has 3 nitrogen and oxygen atoms in total. The van der Waals surface area contributed by atoms with Gasteiger partial charge in [-0.1, -0.05) is 19.1 Å². The molecule has 0 aromatic heterocycles. The Labute approximate surface area is 116 Å². The Hall–Kier alpha value is -1.06. The van der Waals surface area contributed by atoms with Crippen LogP contribution in [0.2, 0.25) is 0 Å². The van der Waals surface area contributed by atoms with Crippen LogP contribution in [0.5, 0.6) is 5.75 Å². The summed E-state index contributed by atoms with van der Waals surface area (Å²) in [7, 11) is 1.79. The molecule has 0 amide bonds. The quantitative estimate of drug-likeness (QED) is 0.909. The number of phenols is 1. The second kappa shape index (κ2) is 5.93. The van der Waals surface area contributed by atoms with Crippen LogP contribution < -0.4 is 0 Å². The van der Waals surface area contributed by atoms with E-state index < -0.39 is 0 Å². The molecule has 3 unspecified atom stereocenters. The Kier molecular flexibility index (Phi) is 4.48. The highest BCUT2D eigenvalue weighted by molar-refractivity contribution is 5.37. The maximum atomic E-state index is 10.1. The van der Waals surface area contributed by atoms with Gasteiger partial charge in [0.1, 0.15) is 5.75 Å². The summed E-state index contributed by atoms with van der Waals surface area (Å²) in [5.74, 6) is 1.01. The smallest absolute Gasteiger partial charge is 0.120 e. The van der Waals surface area contributed by atoms with Crippen molar-refractivity contribution in [3.05, 3.63) is 29.3 Å². The van der Waals surface area contributed by atoms with Crippen molar-refractivity contribution >= 4 is 0 Å². The fourth-order valence-electron chi connectivity index (χ4n) is 2.92. The van der Waals surface area contributed by atoms with Gasteiger partial charge in [-0.25, -0.2) is 0 Å². The Morgan fingerprint density at radius 1 is 1.42 bits per heavy atom. The molecule has 0 radical (unpaired) electrons. The minimum atomic E-state index is 0.228. The highest BCUT2D eigenvalue weighted by atomic mass is 16.5.